The molecular weight excluding hydrogens is 302 g/mol. The van der Waals surface area contributed by atoms with Crippen LogP contribution < -0.4 is 5.32 Å². The Hall–Kier alpha value is -0.850. The lowest BCUT2D eigenvalue weighted by molar-refractivity contribution is 0.412. The molecule has 0 saturated carbocycles. The largest absolute Gasteiger partial charge is 0.420 e. The van der Waals surface area contributed by atoms with E-state index in [4.69, 9.17) is 4.42 Å². The molecule has 0 aliphatic carbocycles. The van der Waals surface area contributed by atoms with E-state index in [2.05, 4.69) is 42.4 Å². The zero-order chi connectivity index (χ0) is 14.9. The predicted octanol–water partition coefficient (Wildman–Crippen LogP) is 3.52. The van der Waals surface area contributed by atoms with E-state index in [-0.39, 0.29) is 5.54 Å². The summed E-state index contributed by atoms with van der Waals surface area (Å²) in [6.07, 6.45) is 1.94. The molecule has 0 amide bonds. The van der Waals surface area contributed by atoms with Gasteiger partial charge in [-0.05, 0) is 44.6 Å². The first-order valence-corrected chi connectivity index (χ1v) is 9.25. The molecule has 1 N–H and O–H groups in total. The second kappa shape index (κ2) is 6.10. The van der Waals surface area contributed by atoms with E-state index in [1.165, 1.54) is 22.6 Å². The fraction of sp³-hybridized carbons (Fsp3) is 0.600. The minimum absolute atomic E-state index is 0.118. The maximum absolute atomic E-state index is 5.80. The third-order valence-electron chi connectivity index (χ3n) is 3.30. The monoisotopic (exact) mass is 323 g/mol. The van der Waals surface area contributed by atoms with Gasteiger partial charge in [-0.1, -0.05) is 0 Å². The van der Waals surface area contributed by atoms with Crippen molar-refractivity contribution in [2.24, 2.45) is 0 Å². The number of hydrogen-bond acceptors (Lipinski definition) is 6. The Morgan fingerprint density at radius 3 is 2.95 bits per heavy atom. The van der Waals surface area contributed by atoms with Gasteiger partial charge in [-0.25, -0.2) is 0 Å². The van der Waals surface area contributed by atoms with Crippen molar-refractivity contribution in [3.8, 4) is 10.8 Å². The number of thioether (sulfide) groups is 1. The number of fused-ring (bicyclic) bond motifs is 1. The molecule has 0 radical (unpaired) electrons. The fourth-order valence-electron chi connectivity index (χ4n) is 2.25. The van der Waals surface area contributed by atoms with Crippen molar-refractivity contribution in [3.63, 3.8) is 0 Å². The average Bonchev–Trinajstić information content (AvgIpc) is 3.02. The van der Waals surface area contributed by atoms with Crippen LogP contribution in [0.4, 0.5) is 0 Å². The summed E-state index contributed by atoms with van der Waals surface area (Å²) in [7, 11) is 0. The van der Waals surface area contributed by atoms with E-state index in [1.807, 2.05) is 11.8 Å². The topological polar surface area (TPSA) is 51.0 Å². The van der Waals surface area contributed by atoms with Gasteiger partial charge in [0.05, 0.1) is 4.88 Å². The molecule has 0 atom stereocenters. The van der Waals surface area contributed by atoms with Crippen LogP contribution in [-0.4, -0.2) is 28.0 Å². The average molecular weight is 323 g/mol. The molecule has 1 aliphatic heterocycles. The van der Waals surface area contributed by atoms with Crippen LogP contribution in [0.3, 0.4) is 0 Å². The first-order valence-electron chi connectivity index (χ1n) is 7.28. The van der Waals surface area contributed by atoms with Crippen molar-refractivity contribution in [3.05, 3.63) is 22.4 Å². The lowest BCUT2D eigenvalue weighted by Crippen LogP contribution is -2.37. The number of rotatable bonds is 4. The minimum atomic E-state index is 0.118. The third-order valence-corrected chi connectivity index (χ3v) is 5.53. The number of nitrogens with one attached hydrogen (secondary N) is 1. The quantitative estimate of drug-likeness (QED) is 0.933. The van der Waals surface area contributed by atoms with Crippen LogP contribution in [0.2, 0.25) is 0 Å². The summed E-state index contributed by atoms with van der Waals surface area (Å²) in [6, 6.07) is 2.22. The summed E-state index contributed by atoms with van der Waals surface area (Å²) in [6.45, 7) is 7.31. The molecule has 4 nitrogen and oxygen atoms in total. The molecule has 0 aromatic carbocycles. The van der Waals surface area contributed by atoms with Crippen molar-refractivity contribution in [1.82, 2.24) is 15.5 Å². The maximum Gasteiger partial charge on any atom is 0.257 e. The van der Waals surface area contributed by atoms with Gasteiger partial charge in [0.2, 0.25) is 5.89 Å². The number of nitrogens with zero attached hydrogens (tertiary/aromatic N) is 2. The summed E-state index contributed by atoms with van der Waals surface area (Å²) in [4.78, 5) is 2.60. The van der Waals surface area contributed by atoms with Crippen LogP contribution in [0, 0.1) is 0 Å². The van der Waals surface area contributed by atoms with Gasteiger partial charge in [0.1, 0.15) is 0 Å². The van der Waals surface area contributed by atoms with Crippen molar-refractivity contribution in [1.29, 1.82) is 0 Å². The summed E-state index contributed by atoms with van der Waals surface area (Å²) >= 11 is 3.80. The maximum atomic E-state index is 5.80. The zero-order valence-electron chi connectivity index (χ0n) is 12.7. The lowest BCUT2D eigenvalue weighted by Gasteiger charge is -2.19. The minimum Gasteiger partial charge on any atom is -0.420 e. The highest BCUT2D eigenvalue weighted by molar-refractivity contribution is 7.98. The van der Waals surface area contributed by atoms with Crippen LogP contribution in [0.15, 0.2) is 10.5 Å². The van der Waals surface area contributed by atoms with E-state index < -0.39 is 0 Å². The smallest absolute Gasteiger partial charge is 0.257 e. The Labute approximate surface area is 133 Å². The molecular formula is C15H21N3OS2. The van der Waals surface area contributed by atoms with E-state index in [9.17, 15) is 0 Å². The van der Waals surface area contributed by atoms with Gasteiger partial charge in [0.15, 0.2) is 0 Å². The van der Waals surface area contributed by atoms with Crippen molar-refractivity contribution in [2.45, 2.75) is 44.9 Å². The zero-order valence-corrected chi connectivity index (χ0v) is 14.4. The number of aromatic nitrogens is 2. The van der Waals surface area contributed by atoms with Gasteiger partial charge >= 0.3 is 0 Å². The Morgan fingerprint density at radius 2 is 2.19 bits per heavy atom. The Balaban J connectivity index is 1.66. The second-order valence-corrected chi connectivity index (χ2v) is 8.53. The van der Waals surface area contributed by atoms with Crippen molar-refractivity contribution < 1.29 is 4.42 Å². The SMILES string of the molecule is CC(C)(C)NCCc1nnc(-c2cc3c(s2)CCSC3)o1. The van der Waals surface area contributed by atoms with E-state index in [0.29, 0.717) is 11.8 Å². The molecule has 6 heteroatoms. The molecule has 0 unspecified atom stereocenters. The van der Waals surface area contributed by atoms with Gasteiger partial charge in [-0.3, -0.25) is 0 Å². The molecule has 0 saturated heterocycles. The summed E-state index contributed by atoms with van der Waals surface area (Å²) in [5.74, 6) is 3.72. The molecule has 21 heavy (non-hydrogen) atoms. The van der Waals surface area contributed by atoms with Crippen LogP contribution in [0.1, 0.15) is 37.1 Å². The molecule has 0 bridgehead atoms. The van der Waals surface area contributed by atoms with Gasteiger partial charge in [-0.15, -0.1) is 21.5 Å². The molecule has 3 heterocycles. The summed E-state index contributed by atoms with van der Waals surface area (Å²) < 4.78 is 5.80. The highest BCUT2D eigenvalue weighted by atomic mass is 32.2. The van der Waals surface area contributed by atoms with Crippen LogP contribution in [0.25, 0.3) is 10.8 Å². The highest BCUT2D eigenvalue weighted by Crippen LogP contribution is 2.36. The highest BCUT2D eigenvalue weighted by Gasteiger charge is 2.18. The second-order valence-electron chi connectivity index (χ2n) is 6.29. The molecule has 2 aromatic heterocycles. The Bertz CT molecular complexity index is 589. The van der Waals surface area contributed by atoms with Crippen LogP contribution in [-0.2, 0) is 18.6 Å². The Kier molecular flexibility index (Phi) is 4.38. The number of hydrogen-bond donors (Lipinski definition) is 1. The molecule has 0 fully saturated rings. The molecule has 3 rings (SSSR count). The first kappa shape index (κ1) is 15.1. The normalized spacial score (nSPS) is 15.2. The standard InChI is InChI=1S/C15H21N3OS2/c1-15(2,3)16-6-4-13-17-18-14(19-13)12-8-10-9-20-7-5-11(10)21-12/h8,16H,4-7,9H2,1-3H3. The van der Waals surface area contributed by atoms with Gasteiger partial charge in [0.25, 0.3) is 5.89 Å². The summed E-state index contributed by atoms with van der Waals surface area (Å²) in [5, 5.41) is 11.8. The van der Waals surface area contributed by atoms with Crippen LogP contribution >= 0.6 is 23.1 Å². The van der Waals surface area contributed by atoms with Crippen molar-refractivity contribution >= 4 is 23.1 Å². The summed E-state index contributed by atoms with van der Waals surface area (Å²) in [5.41, 5.74) is 1.56. The predicted molar refractivity (Wildman–Crippen MR) is 88.9 cm³/mol. The molecule has 114 valence electrons. The number of thiophene rings is 1. The lowest BCUT2D eigenvalue weighted by atomic mass is 10.1. The first-order chi connectivity index (χ1) is 10.0. The van der Waals surface area contributed by atoms with Gasteiger partial charge < -0.3 is 9.73 Å². The van der Waals surface area contributed by atoms with Crippen molar-refractivity contribution in [2.75, 3.05) is 12.3 Å². The third kappa shape index (κ3) is 3.87. The van der Waals surface area contributed by atoms with E-state index in [0.717, 1.165) is 23.6 Å². The fourth-order valence-corrected chi connectivity index (χ4v) is 4.54. The van der Waals surface area contributed by atoms with Crippen LogP contribution in [0.5, 0.6) is 0 Å². The Morgan fingerprint density at radius 1 is 1.33 bits per heavy atom. The molecule has 0 spiro atoms. The molecule has 1 aliphatic rings. The van der Waals surface area contributed by atoms with Gasteiger partial charge in [0, 0.05) is 29.1 Å². The molecule has 2 aromatic rings. The number of aryl methyl sites for hydroxylation is 1. The van der Waals surface area contributed by atoms with E-state index >= 15 is 0 Å². The van der Waals surface area contributed by atoms with E-state index in [1.54, 1.807) is 11.3 Å². The van der Waals surface area contributed by atoms with Gasteiger partial charge in [-0.2, -0.15) is 11.8 Å².